The van der Waals surface area contributed by atoms with Crippen LogP contribution in [-0.2, 0) is 24.0 Å². The highest BCUT2D eigenvalue weighted by molar-refractivity contribution is 5.88. The topological polar surface area (TPSA) is 54.0 Å². The van der Waals surface area contributed by atoms with E-state index in [1.807, 2.05) is 0 Å². The van der Waals surface area contributed by atoms with Gasteiger partial charge >= 0.3 is 5.97 Å². The van der Waals surface area contributed by atoms with Crippen molar-refractivity contribution in [2.75, 3.05) is 13.2 Å². The van der Waals surface area contributed by atoms with Gasteiger partial charge in [-0.2, -0.15) is 0 Å². The third-order valence-electron chi connectivity index (χ3n) is 2.21. The predicted octanol–water partition coefficient (Wildman–Crippen LogP) is 2.61. The Hall–Kier alpha value is -0.910. The van der Waals surface area contributed by atoms with Crippen LogP contribution in [0.4, 0.5) is 0 Å². The Bertz CT molecular complexity index is 252. The molecule has 5 heteroatoms. The summed E-state index contributed by atoms with van der Waals surface area (Å²) >= 11 is 0. The number of hydrogen-bond donors (Lipinski definition) is 0. The van der Waals surface area contributed by atoms with E-state index >= 15 is 0 Å². The van der Waals surface area contributed by atoms with Gasteiger partial charge < -0.3 is 9.47 Å². The first-order chi connectivity index (χ1) is 8.52. The Labute approximate surface area is 109 Å². The minimum atomic E-state index is -0.568. The minimum Gasteiger partial charge on any atom is -0.463 e. The van der Waals surface area contributed by atoms with Gasteiger partial charge in [-0.3, -0.25) is 0 Å². The largest absolute Gasteiger partial charge is 0.463 e. The summed E-state index contributed by atoms with van der Waals surface area (Å²) < 4.78 is 10.1. The van der Waals surface area contributed by atoms with E-state index in [1.165, 1.54) is 0 Å². The fourth-order valence-electron chi connectivity index (χ4n) is 1.03. The molecule has 0 aromatic rings. The second-order valence-electron chi connectivity index (χ2n) is 3.87. The average molecular weight is 260 g/mol. The second-order valence-corrected chi connectivity index (χ2v) is 3.87. The third kappa shape index (κ3) is 7.42. The molecule has 0 N–H and O–H groups in total. The van der Waals surface area contributed by atoms with Crippen molar-refractivity contribution in [2.24, 2.45) is 0 Å². The summed E-state index contributed by atoms with van der Waals surface area (Å²) in [5.41, 5.74) is 0.220. The van der Waals surface area contributed by atoms with Crippen molar-refractivity contribution in [1.82, 2.24) is 0 Å². The van der Waals surface area contributed by atoms with Gasteiger partial charge in [0.1, 0.15) is 6.10 Å². The van der Waals surface area contributed by atoms with Gasteiger partial charge in [0, 0.05) is 6.61 Å². The van der Waals surface area contributed by atoms with Crippen LogP contribution in [0.2, 0.25) is 0 Å². The third-order valence-corrected chi connectivity index (χ3v) is 2.21. The molecule has 0 aromatic carbocycles. The fraction of sp³-hybridized carbons (Fsp3) is 0.769. The lowest BCUT2D eigenvalue weighted by atomic mass is 10.2. The Morgan fingerprint density at radius 1 is 1.22 bits per heavy atom. The van der Waals surface area contributed by atoms with E-state index in [9.17, 15) is 4.79 Å². The molecule has 5 nitrogen and oxygen atoms in total. The van der Waals surface area contributed by atoms with Gasteiger partial charge in [0.05, 0.1) is 12.2 Å². The fourth-order valence-corrected chi connectivity index (χ4v) is 1.03. The lowest BCUT2D eigenvalue weighted by molar-refractivity contribution is -0.386. The Morgan fingerprint density at radius 3 is 2.44 bits per heavy atom. The van der Waals surface area contributed by atoms with Crippen LogP contribution in [-0.4, -0.2) is 31.6 Å². The van der Waals surface area contributed by atoms with E-state index in [2.05, 4.69) is 13.5 Å². The van der Waals surface area contributed by atoms with Crippen LogP contribution < -0.4 is 0 Å². The minimum absolute atomic E-state index is 0.220. The van der Waals surface area contributed by atoms with Crippen molar-refractivity contribution in [1.29, 1.82) is 0 Å². The molecule has 0 aromatic heterocycles. The molecule has 0 aliphatic carbocycles. The zero-order valence-corrected chi connectivity index (χ0v) is 11.7. The first kappa shape index (κ1) is 17.1. The number of carbonyl (C=O) groups is 1. The maximum atomic E-state index is 11.4. The van der Waals surface area contributed by atoms with Crippen LogP contribution in [0.5, 0.6) is 0 Å². The molecule has 0 saturated heterocycles. The number of esters is 1. The molecule has 106 valence electrons. The Kier molecular flexibility index (Phi) is 9.55. The summed E-state index contributed by atoms with van der Waals surface area (Å²) in [6.45, 7) is 11.7. The van der Waals surface area contributed by atoms with Crippen LogP contribution in [0.1, 0.15) is 40.5 Å². The SMILES string of the molecule is C=C(C(=O)OCC)C(C)OOC(C)OCCCC. The number of ether oxygens (including phenoxy) is 2. The van der Waals surface area contributed by atoms with Gasteiger partial charge in [-0.25, -0.2) is 14.6 Å². The number of carbonyl (C=O) groups excluding carboxylic acids is 1. The van der Waals surface area contributed by atoms with Gasteiger partial charge in [-0.15, -0.1) is 0 Å². The van der Waals surface area contributed by atoms with Gasteiger partial charge in [0.25, 0.3) is 0 Å². The van der Waals surface area contributed by atoms with Crippen molar-refractivity contribution < 1.29 is 24.0 Å². The number of rotatable bonds is 10. The summed E-state index contributed by atoms with van der Waals surface area (Å²) in [6.07, 6.45) is 0.984. The van der Waals surface area contributed by atoms with Gasteiger partial charge in [-0.05, 0) is 27.2 Å². The summed E-state index contributed by atoms with van der Waals surface area (Å²) in [5, 5.41) is 0. The maximum Gasteiger partial charge on any atom is 0.336 e. The monoisotopic (exact) mass is 260 g/mol. The lowest BCUT2D eigenvalue weighted by Crippen LogP contribution is -2.23. The van der Waals surface area contributed by atoms with Crippen LogP contribution in [0.3, 0.4) is 0 Å². The highest BCUT2D eigenvalue weighted by Gasteiger charge is 2.18. The first-order valence-corrected chi connectivity index (χ1v) is 6.32. The summed E-state index contributed by atoms with van der Waals surface area (Å²) in [7, 11) is 0. The molecule has 0 spiro atoms. The summed E-state index contributed by atoms with van der Waals surface area (Å²) in [5.74, 6) is -0.479. The highest BCUT2D eigenvalue weighted by Crippen LogP contribution is 2.09. The molecular weight excluding hydrogens is 236 g/mol. The molecule has 0 bridgehead atoms. The summed E-state index contributed by atoms with van der Waals surface area (Å²) in [6, 6.07) is 0. The van der Waals surface area contributed by atoms with Crippen molar-refractivity contribution in [3.05, 3.63) is 12.2 Å². The molecule has 0 heterocycles. The smallest absolute Gasteiger partial charge is 0.336 e. The van der Waals surface area contributed by atoms with E-state index < -0.39 is 18.4 Å². The van der Waals surface area contributed by atoms with E-state index in [0.717, 1.165) is 12.8 Å². The standard InChI is InChI=1S/C13H24O5/c1-6-8-9-16-12(5)18-17-11(4)10(3)13(14)15-7-2/h11-12H,3,6-9H2,1-2,4-5H3. The molecule has 18 heavy (non-hydrogen) atoms. The predicted molar refractivity (Wildman–Crippen MR) is 67.7 cm³/mol. The molecule has 0 amide bonds. The number of hydrogen-bond acceptors (Lipinski definition) is 5. The quantitative estimate of drug-likeness (QED) is 0.151. The van der Waals surface area contributed by atoms with Crippen molar-refractivity contribution in [3.63, 3.8) is 0 Å². The van der Waals surface area contributed by atoms with Gasteiger partial charge in [-0.1, -0.05) is 19.9 Å². The lowest BCUT2D eigenvalue weighted by Gasteiger charge is -2.17. The normalized spacial score (nSPS) is 14.0. The molecule has 2 atom stereocenters. The zero-order valence-electron chi connectivity index (χ0n) is 11.7. The zero-order chi connectivity index (χ0) is 14.0. The Balaban J connectivity index is 3.83. The molecule has 2 unspecified atom stereocenters. The van der Waals surface area contributed by atoms with E-state index in [0.29, 0.717) is 13.2 Å². The van der Waals surface area contributed by atoms with E-state index in [1.54, 1.807) is 20.8 Å². The first-order valence-electron chi connectivity index (χ1n) is 6.32. The number of unbranched alkanes of at least 4 members (excludes halogenated alkanes) is 1. The van der Waals surface area contributed by atoms with Gasteiger partial charge in [0.15, 0.2) is 6.29 Å². The second kappa shape index (κ2) is 10.1. The molecule has 0 aliphatic heterocycles. The highest BCUT2D eigenvalue weighted by atomic mass is 17.2. The van der Waals surface area contributed by atoms with Crippen molar-refractivity contribution in [3.8, 4) is 0 Å². The average Bonchev–Trinajstić information content (AvgIpc) is 2.35. The van der Waals surface area contributed by atoms with Crippen LogP contribution in [0.15, 0.2) is 12.2 Å². The van der Waals surface area contributed by atoms with Crippen molar-refractivity contribution >= 4 is 5.97 Å². The Morgan fingerprint density at radius 2 is 1.89 bits per heavy atom. The summed E-state index contributed by atoms with van der Waals surface area (Å²) in [4.78, 5) is 21.4. The van der Waals surface area contributed by atoms with Crippen LogP contribution in [0.25, 0.3) is 0 Å². The molecule has 0 saturated carbocycles. The maximum absolute atomic E-state index is 11.4. The van der Waals surface area contributed by atoms with Crippen LogP contribution in [0, 0.1) is 0 Å². The molecule has 0 rings (SSSR count). The molecule has 0 aliphatic rings. The van der Waals surface area contributed by atoms with E-state index in [4.69, 9.17) is 19.2 Å². The van der Waals surface area contributed by atoms with Crippen molar-refractivity contribution in [2.45, 2.75) is 52.9 Å². The molecule has 0 fully saturated rings. The molecular formula is C13H24O5. The van der Waals surface area contributed by atoms with E-state index in [-0.39, 0.29) is 5.57 Å². The van der Waals surface area contributed by atoms with Gasteiger partial charge in [0.2, 0.25) is 0 Å². The molecule has 0 radical (unpaired) electrons. The van der Waals surface area contributed by atoms with Crippen LogP contribution >= 0.6 is 0 Å².